The van der Waals surface area contributed by atoms with Crippen molar-refractivity contribution in [3.63, 3.8) is 0 Å². The Hall–Kier alpha value is -1.36. The van der Waals surface area contributed by atoms with Gasteiger partial charge in [0.2, 0.25) is 0 Å². The third-order valence-corrected chi connectivity index (χ3v) is 4.76. The van der Waals surface area contributed by atoms with Crippen molar-refractivity contribution in [2.24, 2.45) is 0 Å². The summed E-state index contributed by atoms with van der Waals surface area (Å²) in [5.41, 5.74) is 1.78. The number of amides is 1. The quantitative estimate of drug-likeness (QED) is 0.887. The zero-order valence-electron chi connectivity index (χ0n) is 14.6. The number of rotatable bonds is 4. The second-order valence-electron chi connectivity index (χ2n) is 7.02. The monoisotopic (exact) mass is 336 g/mol. The van der Waals surface area contributed by atoms with Crippen molar-refractivity contribution >= 4 is 23.5 Å². The molecular weight excluding hydrogens is 308 g/mol. The molecule has 2 rings (SSSR count). The Bertz CT molecular complexity index is 522. The second kappa shape index (κ2) is 7.95. The van der Waals surface area contributed by atoms with E-state index < -0.39 is 5.60 Å². The SMILES string of the molecule is CN(Cc1ccccc1NC1CCSCC1)C(=O)OC(C)(C)C. The van der Waals surface area contributed by atoms with Crippen molar-refractivity contribution in [1.82, 2.24) is 4.90 Å². The molecule has 0 unspecified atom stereocenters. The number of thioether (sulfide) groups is 1. The summed E-state index contributed by atoms with van der Waals surface area (Å²) in [7, 11) is 1.78. The Kier molecular flexibility index (Phi) is 6.22. The van der Waals surface area contributed by atoms with Crippen LogP contribution < -0.4 is 5.32 Å². The zero-order chi connectivity index (χ0) is 16.9. The van der Waals surface area contributed by atoms with Gasteiger partial charge in [0.15, 0.2) is 0 Å². The van der Waals surface area contributed by atoms with E-state index >= 15 is 0 Å². The van der Waals surface area contributed by atoms with Crippen molar-refractivity contribution in [1.29, 1.82) is 0 Å². The number of benzene rings is 1. The molecule has 0 bridgehead atoms. The molecule has 1 N–H and O–H groups in total. The van der Waals surface area contributed by atoms with E-state index in [1.54, 1.807) is 11.9 Å². The highest BCUT2D eigenvalue weighted by atomic mass is 32.2. The fraction of sp³-hybridized carbons (Fsp3) is 0.611. The average molecular weight is 337 g/mol. The highest BCUT2D eigenvalue weighted by Crippen LogP contribution is 2.24. The summed E-state index contributed by atoms with van der Waals surface area (Å²) in [6, 6.07) is 8.75. The minimum Gasteiger partial charge on any atom is -0.444 e. The Morgan fingerprint density at radius 3 is 2.61 bits per heavy atom. The maximum Gasteiger partial charge on any atom is 0.410 e. The summed E-state index contributed by atoms with van der Waals surface area (Å²) in [5, 5.41) is 3.65. The van der Waals surface area contributed by atoms with E-state index in [9.17, 15) is 4.79 Å². The number of carbonyl (C=O) groups is 1. The van der Waals surface area contributed by atoms with Gasteiger partial charge in [-0.15, -0.1) is 0 Å². The summed E-state index contributed by atoms with van der Waals surface area (Å²) in [4.78, 5) is 13.8. The maximum absolute atomic E-state index is 12.1. The lowest BCUT2D eigenvalue weighted by molar-refractivity contribution is 0.0285. The van der Waals surface area contributed by atoms with Gasteiger partial charge in [-0.1, -0.05) is 18.2 Å². The van der Waals surface area contributed by atoms with Gasteiger partial charge in [0.25, 0.3) is 0 Å². The van der Waals surface area contributed by atoms with Gasteiger partial charge in [0, 0.05) is 18.8 Å². The van der Waals surface area contributed by atoms with Crippen LogP contribution in [0.15, 0.2) is 24.3 Å². The molecule has 1 aliphatic heterocycles. The highest BCUT2D eigenvalue weighted by Gasteiger charge is 2.21. The molecule has 1 amide bonds. The van der Waals surface area contributed by atoms with Crippen LogP contribution >= 0.6 is 11.8 Å². The van der Waals surface area contributed by atoms with Crippen molar-refractivity contribution in [2.75, 3.05) is 23.9 Å². The lowest BCUT2D eigenvalue weighted by atomic mass is 10.1. The van der Waals surface area contributed by atoms with Crippen LogP contribution in [-0.2, 0) is 11.3 Å². The molecule has 4 nitrogen and oxygen atoms in total. The first-order valence-corrected chi connectivity index (χ1v) is 9.37. The number of hydrogen-bond donors (Lipinski definition) is 1. The summed E-state index contributed by atoms with van der Waals surface area (Å²) in [6.45, 7) is 6.19. The molecule has 128 valence electrons. The number of nitrogens with zero attached hydrogens (tertiary/aromatic N) is 1. The number of anilines is 1. The average Bonchev–Trinajstić information content (AvgIpc) is 2.48. The van der Waals surface area contributed by atoms with Gasteiger partial charge in [-0.25, -0.2) is 4.79 Å². The molecule has 1 aromatic carbocycles. The molecule has 0 aromatic heterocycles. The molecule has 0 saturated carbocycles. The lowest BCUT2D eigenvalue weighted by Crippen LogP contribution is -2.34. The molecule has 1 fully saturated rings. The summed E-state index contributed by atoms with van der Waals surface area (Å²) < 4.78 is 5.43. The number of para-hydroxylation sites is 1. The van der Waals surface area contributed by atoms with Gasteiger partial charge >= 0.3 is 6.09 Å². The smallest absolute Gasteiger partial charge is 0.410 e. The predicted octanol–water partition coefficient (Wildman–Crippen LogP) is 4.36. The molecule has 23 heavy (non-hydrogen) atoms. The van der Waals surface area contributed by atoms with E-state index in [-0.39, 0.29) is 6.09 Å². The van der Waals surface area contributed by atoms with E-state index in [0.717, 1.165) is 11.3 Å². The third-order valence-electron chi connectivity index (χ3n) is 3.71. The zero-order valence-corrected chi connectivity index (χ0v) is 15.4. The van der Waals surface area contributed by atoms with Crippen molar-refractivity contribution < 1.29 is 9.53 Å². The van der Waals surface area contributed by atoms with E-state index in [1.807, 2.05) is 44.7 Å². The van der Waals surface area contributed by atoms with Crippen molar-refractivity contribution in [3.05, 3.63) is 29.8 Å². The number of nitrogens with one attached hydrogen (secondary N) is 1. The van der Waals surface area contributed by atoms with Gasteiger partial charge in [-0.2, -0.15) is 11.8 Å². The minimum atomic E-state index is -0.469. The number of carbonyl (C=O) groups excluding carboxylic acids is 1. The van der Waals surface area contributed by atoms with Crippen molar-refractivity contribution in [3.8, 4) is 0 Å². The molecule has 1 saturated heterocycles. The maximum atomic E-state index is 12.1. The Balaban J connectivity index is 2.00. The van der Waals surface area contributed by atoms with Crippen LogP contribution in [0, 0.1) is 0 Å². The standard InChI is InChI=1S/C18H28N2O2S/c1-18(2,3)22-17(21)20(4)13-14-7-5-6-8-16(14)19-15-9-11-23-12-10-15/h5-8,15,19H,9-13H2,1-4H3. The van der Waals surface area contributed by atoms with Gasteiger partial charge in [-0.3, -0.25) is 0 Å². The normalized spacial score (nSPS) is 16.0. The fourth-order valence-electron chi connectivity index (χ4n) is 2.52. The summed E-state index contributed by atoms with van der Waals surface area (Å²) in [5.74, 6) is 2.44. The van der Waals surface area contributed by atoms with E-state index in [1.165, 1.54) is 24.3 Å². The van der Waals surface area contributed by atoms with Gasteiger partial charge in [0.1, 0.15) is 5.60 Å². The van der Waals surface area contributed by atoms with Crippen LogP contribution in [0.5, 0.6) is 0 Å². The predicted molar refractivity (Wildman–Crippen MR) is 98.1 cm³/mol. The van der Waals surface area contributed by atoms with Gasteiger partial charge in [0.05, 0.1) is 6.54 Å². The van der Waals surface area contributed by atoms with Gasteiger partial charge < -0.3 is 15.0 Å². The van der Waals surface area contributed by atoms with Crippen LogP contribution in [0.1, 0.15) is 39.2 Å². The first-order valence-electron chi connectivity index (χ1n) is 8.21. The summed E-state index contributed by atoms with van der Waals surface area (Å²) in [6.07, 6.45) is 2.10. The van der Waals surface area contributed by atoms with Crippen LogP contribution in [0.25, 0.3) is 0 Å². The van der Waals surface area contributed by atoms with Crippen molar-refractivity contribution in [2.45, 2.75) is 51.8 Å². The van der Waals surface area contributed by atoms with E-state index in [2.05, 4.69) is 17.4 Å². The molecule has 0 aliphatic carbocycles. The molecule has 0 spiro atoms. The molecular formula is C18H28N2O2S. The number of ether oxygens (including phenoxy) is 1. The Labute approximate surface area is 144 Å². The molecule has 1 aromatic rings. The second-order valence-corrected chi connectivity index (χ2v) is 8.25. The number of hydrogen-bond acceptors (Lipinski definition) is 4. The van der Waals surface area contributed by atoms with Crippen LogP contribution in [-0.4, -0.2) is 41.2 Å². The Morgan fingerprint density at radius 1 is 1.30 bits per heavy atom. The fourth-order valence-corrected chi connectivity index (χ4v) is 3.63. The molecule has 1 heterocycles. The molecule has 5 heteroatoms. The highest BCUT2D eigenvalue weighted by molar-refractivity contribution is 7.99. The largest absolute Gasteiger partial charge is 0.444 e. The first-order chi connectivity index (χ1) is 10.8. The molecule has 0 radical (unpaired) electrons. The van der Waals surface area contributed by atoms with E-state index in [4.69, 9.17) is 4.74 Å². The van der Waals surface area contributed by atoms with Crippen LogP contribution in [0.3, 0.4) is 0 Å². The topological polar surface area (TPSA) is 41.6 Å². The summed E-state index contributed by atoms with van der Waals surface area (Å²) >= 11 is 2.02. The van der Waals surface area contributed by atoms with Crippen LogP contribution in [0.4, 0.5) is 10.5 Å². The Morgan fingerprint density at radius 2 is 1.96 bits per heavy atom. The van der Waals surface area contributed by atoms with E-state index in [0.29, 0.717) is 12.6 Å². The van der Waals surface area contributed by atoms with Crippen LogP contribution in [0.2, 0.25) is 0 Å². The van der Waals surface area contributed by atoms with Gasteiger partial charge in [-0.05, 0) is 56.7 Å². The molecule has 1 aliphatic rings. The first kappa shape index (κ1) is 18.0. The minimum absolute atomic E-state index is 0.290. The third kappa shape index (κ3) is 5.98. The lowest BCUT2D eigenvalue weighted by Gasteiger charge is -2.27. The molecule has 0 atom stereocenters.